The minimum atomic E-state index is -1.39. The Labute approximate surface area is 113 Å². The Balaban J connectivity index is 2.18. The van der Waals surface area contributed by atoms with Gasteiger partial charge in [0.2, 0.25) is 0 Å². The highest BCUT2D eigenvalue weighted by Gasteiger charge is 2.12. The molecule has 0 amide bonds. The van der Waals surface area contributed by atoms with E-state index in [9.17, 15) is 8.60 Å². The van der Waals surface area contributed by atoms with Crippen LogP contribution in [0.1, 0.15) is 19.2 Å². The first-order chi connectivity index (χ1) is 9.10. The van der Waals surface area contributed by atoms with Gasteiger partial charge in [0.25, 0.3) is 0 Å². The summed E-state index contributed by atoms with van der Waals surface area (Å²) in [6.07, 6.45) is 2.35. The fourth-order valence-electron chi connectivity index (χ4n) is 1.71. The normalized spacial score (nSPS) is 12.5. The molecule has 0 aliphatic rings. The maximum atomic E-state index is 13.2. The van der Waals surface area contributed by atoms with Gasteiger partial charge in [-0.1, -0.05) is 6.92 Å². The van der Waals surface area contributed by atoms with Gasteiger partial charge in [0, 0.05) is 17.1 Å². The Hall–Kier alpha value is -1.76. The van der Waals surface area contributed by atoms with E-state index < -0.39 is 16.6 Å². The van der Waals surface area contributed by atoms with Crippen LogP contribution in [-0.2, 0) is 23.1 Å². The summed E-state index contributed by atoms with van der Waals surface area (Å²) in [5.74, 6) is 0.337. The van der Waals surface area contributed by atoms with E-state index in [2.05, 4.69) is 10.1 Å². The number of benzene rings is 1. The molecule has 2 rings (SSSR count). The Morgan fingerprint density at radius 1 is 1.42 bits per heavy atom. The number of aromatic nitrogens is 3. The lowest BCUT2D eigenvalue weighted by atomic mass is 10.3. The van der Waals surface area contributed by atoms with Crippen molar-refractivity contribution in [3.63, 3.8) is 0 Å². The van der Waals surface area contributed by atoms with Crippen molar-refractivity contribution < 1.29 is 8.60 Å². The van der Waals surface area contributed by atoms with E-state index in [0.29, 0.717) is 10.7 Å². The molecule has 0 bridgehead atoms. The molecule has 5 nitrogen and oxygen atoms in total. The molecule has 2 aromatic rings. The molecule has 0 radical (unpaired) electrons. The predicted molar refractivity (Wildman–Crippen MR) is 71.2 cm³/mol. The van der Waals surface area contributed by atoms with Gasteiger partial charge >= 0.3 is 0 Å². The van der Waals surface area contributed by atoms with Gasteiger partial charge in [0.15, 0.2) is 0 Å². The molecule has 1 unspecified atom stereocenters. The molecule has 0 saturated heterocycles. The monoisotopic (exact) mass is 282 g/mol. The van der Waals surface area contributed by atoms with E-state index in [1.165, 1.54) is 24.5 Å². The van der Waals surface area contributed by atoms with Crippen LogP contribution < -0.4 is 5.73 Å². The van der Waals surface area contributed by atoms with E-state index >= 15 is 0 Å². The van der Waals surface area contributed by atoms with E-state index in [0.717, 1.165) is 13.0 Å². The van der Waals surface area contributed by atoms with Crippen LogP contribution in [0.5, 0.6) is 0 Å². The molecule has 102 valence electrons. The second kappa shape index (κ2) is 5.92. The number of hydrogen-bond acceptors (Lipinski definition) is 4. The summed E-state index contributed by atoms with van der Waals surface area (Å²) < 4.78 is 27.1. The summed E-state index contributed by atoms with van der Waals surface area (Å²) in [5.41, 5.74) is 5.80. The van der Waals surface area contributed by atoms with Gasteiger partial charge in [0.1, 0.15) is 18.0 Å². The highest BCUT2D eigenvalue weighted by molar-refractivity contribution is 7.84. The first-order valence-corrected chi connectivity index (χ1v) is 7.23. The lowest BCUT2D eigenvalue weighted by Gasteiger charge is -2.05. The van der Waals surface area contributed by atoms with Crippen molar-refractivity contribution >= 4 is 16.5 Å². The van der Waals surface area contributed by atoms with Crippen LogP contribution in [0.3, 0.4) is 0 Å². The highest BCUT2D eigenvalue weighted by atomic mass is 32.2. The summed E-state index contributed by atoms with van der Waals surface area (Å²) in [6.45, 7) is 2.74. The maximum Gasteiger partial charge on any atom is 0.139 e. The van der Waals surface area contributed by atoms with Crippen LogP contribution >= 0.6 is 0 Å². The Morgan fingerprint density at radius 2 is 2.21 bits per heavy atom. The van der Waals surface area contributed by atoms with Gasteiger partial charge in [-0.05, 0) is 24.6 Å². The van der Waals surface area contributed by atoms with Crippen molar-refractivity contribution in [2.45, 2.75) is 30.5 Å². The lowest BCUT2D eigenvalue weighted by molar-refractivity contribution is 0.579. The van der Waals surface area contributed by atoms with E-state index in [-0.39, 0.29) is 11.4 Å². The minimum Gasteiger partial charge on any atom is -0.399 e. The quantitative estimate of drug-likeness (QED) is 0.847. The second-order valence-corrected chi connectivity index (χ2v) is 5.56. The SMILES string of the molecule is CCCn1ncnc1CS(=O)c1cc(N)cc(F)c1. The van der Waals surface area contributed by atoms with E-state index in [1.54, 1.807) is 4.68 Å². The summed E-state index contributed by atoms with van der Waals surface area (Å²) in [4.78, 5) is 4.44. The molecule has 19 heavy (non-hydrogen) atoms. The van der Waals surface area contributed by atoms with Crippen LogP contribution in [0.25, 0.3) is 0 Å². The third kappa shape index (κ3) is 3.37. The minimum absolute atomic E-state index is 0.197. The number of anilines is 1. The van der Waals surface area contributed by atoms with Gasteiger partial charge in [-0.15, -0.1) is 0 Å². The van der Waals surface area contributed by atoms with Gasteiger partial charge in [-0.25, -0.2) is 14.1 Å². The number of nitrogens with zero attached hydrogens (tertiary/aromatic N) is 3. The summed E-state index contributed by atoms with van der Waals surface area (Å²) >= 11 is 0. The molecular formula is C12H15FN4OS. The van der Waals surface area contributed by atoms with Crippen LogP contribution in [-0.4, -0.2) is 19.0 Å². The summed E-state index contributed by atoms with van der Waals surface area (Å²) in [7, 11) is -1.39. The molecule has 0 fully saturated rings. The number of hydrogen-bond donors (Lipinski definition) is 1. The van der Waals surface area contributed by atoms with Crippen molar-refractivity contribution in [1.29, 1.82) is 0 Å². The molecule has 1 heterocycles. The zero-order chi connectivity index (χ0) is 13.8. The molecule has 1 aromatic heterocycles. The molecule has 7 heteroatoms. The predicted octanol–water partition coefficient (Wildman–Crippen LogP) is 1.72. The first kappa shape index (κ1) is 13.7. The average Bonchev–Trinajstić information content (AvgIpc) is 2.76. The zero-order valence-electron chi connectivity index (χ0n) is 10.5. The van der Waals surface area contributed by atoms with E-state index in [4.69, 9.17) is 5.73 Å². The van der Waals surface area contributed by atoms with Gasteiger partial charge < -0.3 is 5.73 Å². The van der Waals surface area contributed by atoms with Crippen LogP contribution in [0, 0.1) is 5.82 Å². The molecule has 1 aromatic carbocycles. The molecular weight excluding hydrogens is 267 g/mol. The third-order valence-corrected chi connectivity index (χ3v) is 3.83. The highest BCUT2D eigenvalue weighted by Crippen LogP contribution is 2.16. The number of nitrogen functional groups attached to an aromatic ring is 1. The number of rotatable bonds is 5. The zero-order valence-corrected chi connectivity index (χ0v) is 11.4. The van der Waals surface area contributed by atoms with Crippen LogP contribution in [0.2, 0.25) is 0 Å². The smallest absolute Gasteiger partial charge is 0.139 e. The lowest BCUT2D eigenvalue weighted by Crippen LogP contribution is -2.08. The number of nitrogens with two attached hydrogens (primary N) is 1. The number of halogens is 1. The molecule has 0 aliphatic carbocycles. The molecule has 2 N–H and O–H groups in total. The fourth-order valence-corrected chi connectivity index (χ4v) is 2.85. The van der Waals surface area contributed by atoms with Gasteiger partial charge in [-0.2, -0.15) is 5.10 Å². The van der Waals surface area contributed by atoms with Gasteiger partial charge in [0.05, 0.1) is 16.6 Å². The molecule has 0 spiro atoms. The maximum absolute atomic E-state index is 13.2. The van der Waals surface area contributed by atoms with Gasteiger partial charge in [-0.3, -0.25) is 4.21 Å². The number of aryl methyl sites for hydroxylation is 1. The molecule has 1 atom stereocenters. The Bertz CT molecular complexity index is 579. The second-order valence-electron chi connectivity index (χ2n) is 4.11. The summed E-state index contributed by atoms with van der Waals surface area (Å²) in [6, 6.07) is 3.94. The fraction of sp³-hybridized carbons (Fsp3) is 0.333. The van der Waals surface area contributed by atoms with Crippen molar-refractivity contribution in [2.24, 2.45) is 0 Å². The first-order valence-electron chi connectivity index (χ1n) is 5.91. The van der Waals surface area contributed by atoms with Crippen molar-refractivity contribution in [3.05, 3.63) is 36.2 Å². The third-order valence-electron chi connectivity index (χ3n) is 2.55. The van der Waals surface area contributed by atoms with Crippen LogP contribution in [0.4, 0.5) is 10.1 Å². The van der Waals surface area contributed by atoms with E-state index in [1.807, 2.05) is 6.92 Å². The van der Waals surface area contributed by atoms with Crippen molar-refractivity contribution in [1.82, 2.24) is 14.8 Å². The average molecular weight is 282 g/mol. The largest absolute Gasteiger partial charge is 0.399 e. The summed E-state index contributed by atoms with van der Waals surface area (Å²) in [5, 5.41) is 4.06. The topological polar surface area (TPSA) is 73.8 Å². The van der Waals surface area contributed by atoms with Crippen molar-refractivity contribution in [3.8, 4) is 0 Å². The Morgan fingerprint density at radius 3 is 2.89 bits per heavy atom. The standard InChI is InChI=1S/C12H15FN4OS/c1-2-3-17-12(15-8-16-17)7-19(18)11-5-9(13)4-10(14)6-11/h4-6,8H,2-3,7,14H2,1H3. The molecule has 0 aliphatic heterocycles. The molecule has 0 saturated carbocycles. The van der Waals surface area contributed by atoms with Crippen LogP contribution in [0.15, 0.2) is 29.4 Å². The van der Waals surface area contributed by atoms with Crippen molar-refractivity contribution in [2.75, 3.05) is 5.73 Å². The Kier molecular flexibility index (Phi) is 4.26.